The monoisotopic (exact) mass is 318 g/mol. The minimum Gasteiger partial charge on any atom is -0.469 e. The molecule has 0 aliphatic heterocycles. The zero-order valence-corrected chi connectivity index (χ0v) is 14.3. The van der Waals surface area contributed by atoms with E-state index in [-0.39, 0.29) is 12.1 Å². The quantitative estimate of drug-likeness (QED) is 0.824. The van der Waals surface area contributed by atoms with Gasteiger partial charge in [-0.15, -0.1) is 0 Å². The van der Waals surface area contributed by atoms with Gasteiger partial charge in [0.25, 0.3) is 0 Å². The predicted octanol–water partition coefficient (Wildman–Crippen LogP) is 2.66. The Morgan fingerprint density at radius 2 is 2.17 bits per heavy atom. The van der Waals surface area contributed by atoms with Gasteiger partial charge < -0.3 is 15.1 Å². The fourth-order valence-corrected chi connectivity index (χ4v) is 2.54. The van der Waals surface area contributed by atoms with Crippen LogP contribution in [0.4, 0.5) is 4.79 Å². The van der Waals surface area contributed by atoms with Crippen molar-refractivity contribution in [1.82, 2.24) is 20.4 Å². The van der Waals surface area contributed by atoms with Crippen molar-refractivity contribution < 1.29 is 9.21 Å². The summed E-state index contributed by atoms with van der Waals surface area (Å²) in [5, 5.41) is 10.3. The first kappa shape index (κ1) is 17.1. The van der Waals surface area contributed by atoms with Crippen LogP contribution >= 0.6 is 0 Å². The first-order valence-electron chi connectivity index (χ1n) is 8.02. The van der Waals surface area contributed by atoms with Crippen molar-refractivity contribution in [2.24, 2.45) is 5.92 Å². The van der Waals surface area contributed by atoms with E-state index >= 15 is 0 Å². The summed E-state index contributed by atoms with van der Waals surface area (Å²) >= 11 is 0. The Morgan fingerprint density at radius 1 is 1.39 bits per heavy atom. The van der Waals surface area contributed by atoms with Gasteiger partial charge in [0, 0.05) is 31.2 Å². The third kappa shape index (κ3) is 5.47. The molecule has 0 spiro atoms. The highest BCUT2D eigenvalue weighted by Crippen LogP contribution is 2.06. The highest BCUT2D eigenvalue weighted by Gasteiger charge is 2.12. The van der Waals surface area contributed by atoms with E-state index in [4.69, 9.17) is 4.42 Å². The third-order valence-corrected chi connectivity index (χ3v) is 3.66. The van der Waals surface area contributed by atoms with E-state index in [0.717, 1.165) is 23.7 Å². The van der Waals surface area contributed by atoms with Gasteiger partial charge in [-0.05, 0) is 44.9 Å². The molecule has 126 valence electrons. The molecular formula is C17H26N4O2. The number of nitrogens with zero attached hydrogens (tertiary/aromatic N) is 2. The fraction of sp³-hybridized carbons (Fsp3) is 0.529. The summed E-state index contributed by atoms with van der Waals surface area (Å²) in [6.45, 7) is 9.49. The van der Waals surface area contributed by atoms with Crippen LogP contribution in [0.15, 0.2) is 28.9 Å². The van der Waals surface area contributed by atoms with Crippen molar-refractivity contribution in [3.63, 3.8) is 0 Å². The average Bonchev–Trinajstić information content (AvgIpc) is 3.07. The molecule has 2 N–H and O–H groups in total. The number of carbonyl (C=O) groups is 1. The van der Waals surface area contributed by atoms with Crippen molar-refractivity contribution >= 4 is 6.03 Å². The maximum atomic E-state index is 11.9. The van der Waals surface area contributed by atoms with Gasteiger partial charge in [0.15, 0.2) is 0 Å². The van der Waals surface area contributed by atoms with Crippen molar-refractivity contribution in [1.29, 1.82) is 0 Å². The summed E-state index contributed by atoms with van der Waals surface area (Å²) in [4.78, 5) is 11.9. The Morgan fingerprint density at radius 3 is 2.78 bits per heavy atom. The van der Waals surface area contributed by atoms with Gasteiger partial charge in [0.1, 0.15) is 5.76 Å². The number of aryl methyl sites for hydroxylation is 2. The summed E-state index contributed by atoms with van der Waals surface area (Å²) in [7, 11) is 0. The molecule has 0 aromatic carbocycles. The first-order valence-corrected chi connectivity index (χ1v) is 8.02. The smallest absolute Gasteiger partial charge is 0.315 e. The SMILES string of the molecule is Cc1cc(C)n(C[C@@H](C)CNC(=O)N[C@H](C)Cc2ccco2)n1. The van der Waals surface area contributed by atoms with Crippen LogP contribution in [0.1, 0.15) is 31.0 Å². The van der Waals surface area contributed by atoms with E-state index in [1.54, 1.807) is 6.26 Å². The van der Waals surface area contributed by atoms with E-state index < -0.39 is 0 Å². The van der Waals surface area contributed by atoms with Gasteiger partial charge in [0.2, 0.25) is 0 Å². The standard InChI is InChI=1S/C17H26N4O2/c1-12(11-21-15(4)8-14(3)20-21)10-18-17(22)19-13(2)9-16-6-5-7-23-16/h5-8,12-13H,9-11H2,1-4H3,(H2,18,19,22)/t12-,13+/m0/s1. The molecule has 2 aromatic heterocycles. The number of carbonyl (C=O) groups excluding carboxylic acids is 1. The Kier molecular flexibility index (Phi) is 5.84. The van der Waals surface area contributed by atoms with Crippen molar-refractivity contribution in [3.8, 4) is 0 Å². The van der Waals surface area contributed by atoms with Crippen LogP contribution in [0.2, 0.25) is 0 Å². The van der Waals surface area contributed by atoms with Gasteiger partial charge in [-0.25, -0.2) is 4.79 Å². The molecule has 0 saturated carbocycles. The minimum atomic E-state index is -0.149. The molecule has 2 amide bonds. The molecule has 0 unspecified atom stereocenters. The van der Waals surface area contributed by atoms with Gasteiger partial charge in [-0.3, -0.25) is 4.68 Å². The molecule has 2 rings (SSSR count). The van der Waals surface area contributed by atoms with E-state index in [9.17, 15) is 4.79 Å². The molecule has 2 heterocycles. The molecule has 6 heteroatoms. The van der Waals surface area contributed by atoms with E-state index in [2.05, 4.69) is 28.7 Å². The number of furan rings is 1. The Bertz CT molecular complexity index is 619. The van der Waals surface area contributed by atoms with Crippen LogP contribution in [0.3, 0.4) is 0 Å². The highest BCUT2D eigenvalue weighted by molar-refractivity contribution is 5.74. The molecular weight excluding hydrogens is 292 g/mol. The first-order chi connectivity index (χ1) is 10.9. The number of hydrogen-bond donors (Lipinski definition) is 2. The third-order valence-electron chi connectivity index (χ3n) is 3.66. The maximum absolute atomic E-state index is 11.9. The largest absolute Gasteiger partial charge is 0.469 e. The lowest BCUT2D eigenvalue weighted by Crippen LogP contribution is -2.43. The second kappa shape index (κ2) is 7.85. The van der Waals surface area contributed by atoms with Crippen LogP contribution in [0, 0.1) is 19.8 Å². The number of hydrogen-bond acceptors (Lipinski definition) is 3. The molecule has 0 aliphatic rings. The molecule has 0 saturated heterocycles. The van der Waals surface area contributed by atoms with Crippen LogP contribution in [-0.2, 0) is 13.0 Å². The maximum Gasteiger partial charge on any atom is 0.315 e. The van der Waals surface area contributed by atoms with Crippen LogP contribution < -0.4 is 10.6 Å². The fourth-order valence-electron chi connectivity index (χ4n) is 2.54. The van der Waals surface area contributed by atoms with Crippen LogP contribution in [-0.4, -0.2) is 28.4 Å². The van der Waals surface area contributed by atoms with Crippen molar-refractivity contribution in [3.05, 3.63) is 41.6 Å². The average molecular weight is 318 g/mol. The second-order valence-corrected chi connectivity index (χ2v) is 6.25. The van der Waals surface area contributed by atoms with Gasteiger partial charge >= 0.3 is 6.03 Å². The molecule has 6 nitrogen and oxygen atoms in total. The summed E-state index contributed by atoms with van der Waals surface area (Å²) in [5.41, 5.74) is 2.16. The van der Waals surface area contributed by atoms with E-state index in [0.29, 0.717) is 18.9 Å². The normalized spacial score (nSPS) is 13.6. The highest BCUT2D eigenvalue weighted by atomic mass is 16.3. The zero-order valence-electron chi connectivity index (χ0n) is 14.3. The molecule has 2 aromatic rings. The van der Waals surface area contributed by atoms with Crippen molar-refractivity contribution in [2.45, 2.75) is 46.7 Å². The lowest BCUT2D eigenvalue weighted by Gasteiger charge is -2.17. The lowest BCUT2D eigenvalue weighted by atomic mass is 10.2. The summed E-state index contributed by atoms with van der Waals surface area (Å²) in [5.74, 6) is 1.18. The zero-order chi connectivity index (χ0) is 16.8. The number of rotatable bonds is 7. The van der Waals surface area contributed by atoms with Gasteiger partial charge in [-0.1, -0.05) is 6.92 Å². The molecule has 2 atom stereocenters. The van der Waals surface area contributed by atoms with E-state index in [1.165, 1.54) is 0 Å². The Labute approximate surface area is 137 Å². The Balaban J connectivity index is 1.70. The molecule has 0 radical (unpaired) electrons. The topological polar surface area (TPSA) is 72.1 Å². The van der Waals surface area contributed by atoms with Crippen LogP contribution in [0.25, 0.3) is 0 Å². The Hall–Kier alpha value is -2.24. The number of amides is 2. The van der Waals surface area contributed by atoms with E-state index in [1.807, 2.05) is 37.6 Å². The van der Waals surface area contributed by atoms with Crippen molar-refractivity contribution in [2.75, 3.05) is 6.54 Å². The molecule has 0 fully saturated rings. The minimum absolute atomic E-state index is 0.0208. The van der Waals surface area contributed by atoms with Gasteiger partial charge in [-0.2, -0.15) is 5.10 Å². The second-order valence-electron chi connectivity index (χ2n) is 6.25. The summed E-state index contributed by atoms with van der Waals surface area (Å²) in [6, 6.07) is 5.69. The summed E-state index contributed by atoms with van der Waals surface area (Å²) in [6.07, 6.45) is 2.32. The number of urea groups is 1. The molecule has 23 heavy (non-hydrogen) atoms. The lowest BCUT2D eigenvalue weighted by molar-refractivity contribution is 0.234. The molecule has 0 aliphatic carbocycles. The number of nitrogens with one attached hydrogen (secondary N) is 2. The molecule has 0 bridgehead atoms. The van der Waals surface area contributed by atoms with Gasteiger partial charge in [0.05, 0.1) is 12.0 Å². The van der Waals surface area contributed by atoms with Crippen LogP contribution in [0.5, 0.6) is 0 Å². The predicted molar refractivity (Wildman–Crippen MR) is 89.3 cm³/mol. The summed E-state index contributed by atoms with van der Waals surface area (Å²) < 4.78 is 7.27. The number of aromatic nitrogens is 2.